The number of aromatic carboxylic acids is 1. The third-order valence-corrected chi connectivity index (χ3v) is 3.23. The first-order valence-electron chi connectivity index (χ1n) is 6.49. The molecule has 0 heterocycles. The van der Waals surface area contributed by atoms with Crippen molar-refractivity contribution in [3.05, 3.63) is 29.8 Å². The van der Waals surface area contributed by atoms with Crippen molar-refractivity contribution in [1.82, 2.24) is 4.90 Å². The quantitative estimate of drug-likeness (QED) is 0.857. The minimum atomic E-state index is -0.971. The molecule has 0 unspecified atom stereocenters. The highest BCUT2D eigenvalue weighted by Gasteiger charge is 2.25. The lowest BCUT2D eigenvalue weighted by atomic mass is 10.2. The Morgan fingerprint density at radius 1 is 1.32 bits per heavy atom. The second kappa shape index (κ2) is 5.73. The number of nitrogens with one attached hydrogen (secondary N) is 1. The number of carbonyl (C=O) groups excluding carboxylic acids is 1. The lowest BCUT2D eigenvalue weighted by Gasteiger charge is -2.21. The first-order chi connectivity index (χ1) is 9.10. The van der Waals surface area contributed by atoms with Gasteiger partial charge in [-0.1, -0.05) is 0 Å². The number of carboxylic acid groups (broad SMARTS) is 1. The van der Waals surface area contributed by atoms with Gasteiger partial charge in [-0.05, 0) is 49.9 Å². The van der Waals surface area contributed by atoms with Crippen molar-refractivity contribution in [2.45, 2.75) is 19.8 Å². The van der Waals surface area contributed by atoms with Crippen LogP contribution in [0.5, 0.6) is 0 Å². The second-order valence-electron chi connectivity index (χ2n) is 4.79. The zero-order chi connectivity index (χ0) is 13.8. The van der Waals surface area contributed by atoms with Gasteiger partial charge in [0.15, 0.2) is 0 Å². The number of carboxylic acids is 1. The van der Waals surface area contributed by atoms with Gasteiger partial charge in [0.1, 0.15) is 0 Å². The first-order valence-corrected chi connectivity index (χ1v) is 6.49. The molecule has 5 nitrogen and oxygen atoms in total. The van der Waals surface area contributed by atoms with Crippen molar-refractivity contribution < 1.29 is 14.7 Å². The fourth-order valence-electron chi connectivity index (χ4n) is 1.87. The Hall–Kier alpha value is -2.04. The fraction of sp³-hybridized carbons (Fsp3) is 0.429. The molecule has 0 aromatic heterocycles. The van der Waals surface area contributed by atoms with Gasteiger partial charge in [-0.3, -0.25) is 0 Å². The Morgan fingerprint density at radius 3 is 2.42 bits per heavy atom. The Kier molecular flexibility index (Phi) is 4.04. The molecule has 2 N–H and O–H groups in total. The summed E-state index contributed by atoms with van der Waals surface area (Å²) in [4.78, 5) is 24.5. The van der Waals surface area contributed by atoms with Crippen molar-refractivity contribution in [1.29, 1.82) is 0 Å². The predicted octanol–water partition coefficient (Wildman–Crippen LogP) is 2.65. The van der Waals surface area contributed by atoms with Crippen LogP contribution >= 0.6 is 0 Å². The summed E-state index contributed by atoms with van der Waals surface area (Å²) in [6.45, 7) is 3.43. The number of nitrogens with zero attached hydrogens (tertiary/aromatic N) is 1. The minimum Gasteiger partial charge on any atom is -0.478 e. The Morgan fingerprint density at radius 2 is 1.95 bits per heavy atom. The van der Waals surface area contributed by atoms with Crippen LogP contribution in [0.2, 0.25) is 0 Å². The monoisotopic (exact) mass is 262 g/mol. The van der Waals surface area contributed by atoms with Crippen molar-refractivity contribution in [2.75, 3.05) is 18.4 Å². The molecule has 2 amide bonds. The van der Waals surface area contributed by atoms with E-state index in [2.05, 4.69) is 5.32 Å². The summed E-state index contributed by atoms with van der Waals surface area (Å²) in [5.74, 6) is -0.318. The number of hydrogen-bond donors (Lipinski definition) is 2. The van der Waals surface area contributed by atoms with Crippen LogP contribution in [0.25, 0.3) is 0 Å². The Balaban J connectivity index is 1.94. The molecule has 0 atom stereocenters. The SMILES string of the molecule is CCN(CC1CC1)C(=O)Nc1ccc(C(=O)O)cc1. The van der Waals surface area contributed by atoms with Crippen molar-refractivity contribution in [3.8, 4) is 0 Å². The van der Waals surface area contributed by atoms with Gasteiger partial charge in [-0.2, -0.15) is 0 Å². The van der Waals surface area contributed by atoms with Crippen molar-refractivity contribution in [2.24, 2.45) is 5.92 Å². The molecule has 0 bridgehead atoms. The third kappa shape index (κ3) is 3.71. The normalized spacial score (nSPS) is 13.9. The van der Waals surface area contributed by atoms with Crippen molar-refractivity contribution in [3.63, 3.8) is 0 Å². The molecule has 1 fully saturated rings. The number of carbonyl (C=O) groups is 2. The molecule has 1 aromatic carbocycles. The van der Waals surface area contributed by atoms with Gasteiger partial charge < -0.3 is 15.3 Å². The zero-order valence-corrected chi connectivity index (χ0v) is 10.9. The topological polar surface area (TPSA) is 69.6 Å². The number of hydrogen-bond acceptors (Lipinski definition) is 2. The predicted molar refractivity (Wildman–Crippen MR) is 72.4 cm³/mol. The molecule has 102 valence electrons. The van der Waals surface area contributed by atoms with E-state index >= 15 is 0 Å². The maximum absolute atomic E-state index is 12.0. The average Bonchev–Trinajstić information content (AvgIpc) is 3.20. The van der Waals surface area contributed by atoms with Crippen molar-refractivity contribution >= 4 is 17.7 Å². The molecule has 1 aliphatic carbocycles. The standard InChI is InChI=1S/C14H18N2O3/c1-2-16(9-10-3-4-10)14(19)15-12-7-5-11(6-8-12)13(17)18/h5-8,10H,2-4,9H2,1H3,(H,15,19)(H,17,18). The van der Waals surface area contributed by atoms with Crippen LogP contribution in [-0.2, 0) is 0 Å². The molecular weight excluding hydrogens is 244 g/mol. The zero-order valence-electron chi connectivity index (χ0n) is 10.9. The van der Waals surface area contributed by atoms with Crippen LogP contribution in [0.3, 0.4) is 0 Å². The second-order valence-corrected chi connectivity index (χ2v) is 4.79. The maximum Gasteiger partial charge on any atom is 0.335 e. The van der Waals surface area contributed by atoms with E-state index in [4.69, 9.17) is 5.11 Å². The van der Waals surface area contributed by atoms with E-state index in [1.165, 1.54) is 25.0 Å². The summed E-state index contributed by atoms with van der Waals surface area (Å²) in [6, 6.07) is 6.04. The van der Waals surface area contributed by atoms with E-state index in [1.54, 1.807) is 17.0 Å². The Bertz CT molecular complexity index is 466. The van der Waals surface area contributed by atoms with Crippen LogP contribution in [0, 0.1) is 5.92 Å². The number of rotatable bonds is 5. The van der Waals surface area contributed by atoms with E-state index in [0.717, 1.165) is 6.54 Å². The number of amides is 2. The van der Waals surface area contributed by atoms with E-state index in [0.29, 0.717) is 18.2 Å². The molecular formula is C14H18N2O3. The summed E-state index contributed by atoms with van der Waals surface area (Å²) in [6.07, 6.45) is 2.41. The molecule has 0 spiro atoms. The van der Waals surface area contributed by atoms with Crippen LogP contribution in [-0.4, -0.2) is 35.1 Å². The van der Waals surface area contributed by atoms with Crippen LogP contribution < -0.4 is 5.32 Å². The molecule has 5 heteroatoms. The molecule has 1 aliphatic rings. The fourth-order valence-corrected chi connectivity index (χ4v) is 1.87. The molecule has 2 rings (SSSR count). The van der Waals surface area contributed by atoms with E-state index < -0.39 is 5.97 Å². The van der Waals surface area contributed by atoms with Crippen LogP contribution in [0.1, 0.15) is 30.1 Å². The summed E-state index contributed by atoms with van der Waals surface area (Å²) < 4.78 is 0. The maximum atomic E-state index is 12.0. The number of urea groups is 1. The van der Waals surface area contributed by atoms with Gasteiger partial charge in [0, 0.05) is 18.8 Å². The highest BCUT2D eigenvalue weighted by molar-refractivity contribution is 5.91. The van der Waals surface area contributed by atoms with Gasteiger partial charge in [0.2, 0.25) is 0 Å². The highest BCUT2D eigenvalue weighted by Crippen LogP contribution is 2.29. The molecule has 0 radical (unpaired) electrons. The van der Waals surface area contributed by atoms with Gasteiger partial charge >= 0.3 is 12.0 Å². The summed E-state index contributed by atoms with van der Waals surface area (Å²) in [7, 11) is 0. The molecule has 19 heavy (non-hydrogen) atoms. The van der Waals surface area contributed by atoms with Gasteiger partial charge in [-0.25, -0.2) is 9.59 Å². The highest BCUT2D eigenvalue weighted by atomic mass is 16.4. The number of benzene rings is 1. The average molecular weight is 262 g/mol. The molecule has 0 aliphatic heterocycles. The largest absolute Gasteiger partial charge is 0.478 e. The minimum absolute atomic E-state index is 0.127. The van der Waals surface area contributed by atoms with Gasteiger partial charge in [-0.15, -0.1) is 0 Å². The van der Waals surface area contributed by atoms with Gasteiger partial charge in [0.25, 0.3) is 0 Å². The van der Waals surface area contributed by atoms with E-state index in [-0.39, 0.29) is 11.6 Å². The van der Waals surface area contributed by atoms with Gasteiger partial charge in [0.05, 0.1) is 5.56 Å². The van der Waals surface area contributed by atoms with E-state index in [9.17, 15) is 9.59 Å². The van der Waals surface area contributed by atoms with E-state index in [1.807, 2.05) is 6.92 Å². The lowest BCUT2D eigenvalue weighted by Crippen LogP contribution is -2.36. The third-order valence-electron chi connectivity index (χ3n) is 3.23. The summed E-state index contributed by atoms with van der Waals surface area (Å²) in [5, 5.41) is 11.6. The molecule has 1 saturated carbocycles. The molecule has 1 aromatic rings. The van der Waals surface area contributed by atoms with Crippen LogP contribution in [0.15, 0.2) is 24.3 Å². The number of anilines is 1. The summed E-state index contributed by atoms with van der Waals surface area (Å²) >= 11 is 0. The lowest BCUT2D eigenvalue weighted by molar-refractivity contribution is 0.0697. The van der Waals surface area contributed by atoms with Crippen LogP contribution in [0.4, 0.5) is 10.5 Å². The first kappa shape index (κ1) is 13.4. The smallest absolute Gasteiger partial charge is 0.335 e. The molecule has 0 saturated heterocycles. The summed E-state index contributed by atoms with van der Waals surface area (Å²) in [5.41, 5.74) is 0.826. The Labute approximate surface area is 112 Å².